The average Bonchev–Trinajstić information content (AvgIpc) is 2.28. The van der Waals surface area contributed by atoms with Crippen LogP contribution in [0.4, 0.5) is 0 Å². The van der Waals surface area contributed by atoms with Crippen LogP contribution in [-0.4, -0.2) is 18.3 Å². The summed E-state index contributed by atoms with van der Waals surface area (Å²) in [6.45, 7) is 1.08. The van der Waals surface area contributed by atoms with Crippen LogP contribution in [0.3, 0.4) is 0 Å². The maximum atomic E-state index is 4.18. The van der Waals surface area contributed by atoms with E-state index < -0.39 is 0 Å². The van der Waals surface area contributed by atoms with Gasteiger partial charge in [-0.05, 0) is 12.8 Å². The third kappa shape index (κ3) is 4.02. The molecule has 0 bridgehead atoms. The van der Waals surface area contributed by atoms with Crippen LogP contribution >= 0.6 is 12.6 Å². The maximum absolute atomic E-state index is 4.18. The van der Waals surface area contributed by atoms with Gasteiger partial charge in [-0.3, -0.25) is 0 Å². The second-order valence-electron chi connectivity index (χ2n) is 3.37. The molecule has 0 aliphatic heterocycles. The van der Waals surface area contributed by atoms with Gasteiger partial charge in [-0.2, -0.15) is 12.6 Å². The van der Waals surface area contributed by atoms with Crippen molar-refractivity contribution < 1.29 is 0 Å². The van der Waals surface area contributed by atoms with Crippen molar-refractivity contribution in [3.63, 3.8) is 0 Å². The minimum atomic E-state index is 0.796. The van der Waals surface area contributed by atoms with Crippen molar-refractivity contribution in [1.82, 2.24) is 5.32 Å². The summed E-state index contributed by atoms with van der Waals surface area (Å²) in [5, 5.41) is 3.53. The SMILES string of the molecule is SCCNC1CCCCCC1. The number of rotatable bonds is 3. The van der Waals surface area contributed by atoms with Gasteiger partial charge >= 0.3 is 0 Å². The summed E-state index contributed by atoms with van der Waals surface area (Å²) in [6, 6.07) is 0.796. The van der Waals surface area contributed by atoms with Crippen molar-refractivity contribution in [2.75, 3.05) is 12.3 Å². The molecule has 11 heavy (non-hydrogen) atoms. The molecule has 0 amide bonds. The first-order valence-corrected chi connectivity index (χ1v) is 5.41. The quantitative estimate of drug-likeness (QED) is 0.492. The van der Waals surface area contributed by atoms with Gasteiger partial charge in [-0.25, -0.2) is 0 Å². The van der Waals surface area contributed by atoms with Crippen LogP contribution in [0, 0.1) is 0 Å². The molecular formula is C9H19NS. The highest BCUT2D eigenvalue weighted by atomic mass is 32.1. The molecule has 1 aliphatic rings. The molecule has 0 aromatic heterocycles. The van der Waals surface area contributed by atoms with Crippen LogP contribution in [0.25, 0.3) is 0 Å². The molecule has 1 nitrogen and oxygen atoms in total. The van der Waals surface area contributed by atoms with Crippen molar-refractivity contribution in [2.24, 2.45) is 0 Å². The minimum Gasteiger partial charge on any atom is -0.313 e. The second-order valence-corrected chi connectivity index (χ2v) is 3.81. The molecular weight excluding hydrogens is 154 g/mol. The Morgan fingerprint density at radius 1 is 1.09 bits per heavy atom. The molecule has 1 saturated carbocycles. The normalized spacial score (nSPS) is 21.5. The third-order valence-electron chi connectivity index (χ3n) is 2.40. The van der Waals surface area contributed by atoms with Gasteiger partial charge in [0, 0.05) is 18.3 Å². The summed E-state index contributed by atoms with van der Waals surface area (Å²) in [5.41, 5.74) is 0. The molecule has 0 aromatic carbocycles. The van der Waals surface area contributed by atoms with Gasteiger partial charge in [-0.1, -0.05) is 25.7 Å². The number of nitrogens with one attached hydrogen (secondary N) is 1. The van der Waals surface area contributed by atoms with E-state index in [4.69, 9.17) is 0 Å². The maximum Gasteiger partial charge on any atom is 0.00673 e. The van der Waals surface area contributed by atoms with Crippen molar-refractivity contribution >= 4 is 12.6 Å². The molecule has 0 heterocycles. The predicted molar refractivity (Wildman–Crippen MR) is 53.3 cm³/mol. The van der Waals surface area contributed by atoms with Gasteiger partial charge < -0.3 is 5.32 Å². The smallest absolute Gasteiger partial charge is 0.00673 e. The lowest BCUT2D eigenvalue weighted by Crippen LogP contribution is -2.29. The van der Waals surface area contributed by atoms with Crippen molar-refractivity contribution in [3.8, 4) is 0 Å². The number of hydrogen-bond acceptors (Lipinski definition) is 2. The molecule has 0 unspecified atom stereocenters. The van der Waals surface area contributed by atoms with E-state index in [1.807, 2.05) is 0 Å². The Kier molecular flexibility index (Phi) is 5.04. The molecule has 66 valence electrons. The van der Waals surface area contributed by atoms with E-state index in [-0.39, 0.29) is 0 Å². The largest absolute Gasteiger partial charge is 0.313 e. The third-order valence-corrected chi connectivity index (χ3v) is 2.62. The number of thiol groups is 1. The van der Waals surface area contributed by atoms with Crippen LogP contribution < -0.4 is 5.32 Å². The molecule has 2 heteroatoms. The Morgan fingerprint density at radius 3 is 2.27 bits per heavy atom. The van der Waals surface area contributed by atoms with Crippen molar-refractivity contribution in [2.45, 2.75) is 44.6 Å². The van der Waals surface area contributed by atoms with E-state index in [0.29, 0.717) is 0 Å². The fourth-order valence-corrected chi connectivity index (χ4v) is 1.88. The fourth-order valence-electron chi connectivity index (χ4n) is 1.75. The fraction of sp³-hybridized carbons (Fsp3) is 1.00. The Hall–Kier alpha value is 0.310. The second kappa shape index (κ2) is 5.90. The summed E-state index contributed by atoms with van der Waals surface area (Å²) in [5.74, 6) is 0.969. The molecule has 0 aromatic rings. The first-order chi connectivity index (χ1) is 5.43. The molecule has 1 N–H and O–H groups in total. The Labute approximate surface area is 75.4 Å². The van der Waals surface area contributed by atoms with E-state index in [1.165, 1.54) is 38.5 Å². The standard InChI is InChI=1S/C9H19NS/c11-8-7-10-9-5-3-1-2-4-6-9/h9-11H,1-8H2. The first-order valence-electron chi connectivity index (χ1n) is 4.77. The molecule has 1 aliphatic carbocycles. The van der Waals surface area contributed by atoms with Gasteiger partial charge in [0.2, 0.25) is 0 Å². The Morgan fingerprint density at radius 2 is 1.73 bits per heavy atom. The predicted octanol–water partition coefficient (Wildman–Crippen LogP) is 2.23. The van der Waals surface area contributed by atoms with Crippen LogP contribution in [0.5, 0.6) is 0 Å². The van der Waals surface area contributed by atoms with E-state index in [0.717, 1.165) is 18.3 Å². The summed E-state index contributed by atoms with van der Waals surface area (Å²) in [4.78, 5) is 0. The zero-order valence-corrected chi connectivity index (χ0v) is 8.08. The lowest BCUT2D eigenvalue weighted by atomic mass is 10.1. The van der Waals surface area contributed by atoms with Crippen molar-refractivity contribution in [3.05, 3.63) is 0 Å². The van der Waals surface area contributed by atoms with Crippen molar-refractivity contribution in [1.29, 1.82) is 0 Å². The van der Waals surface area contributed by atoms with Crippen LogP contribution in [0.1, 0.15) is 38.5 Å². The van der Waals surface area contributed by atoms with E-state index in [1.54, 1.807) is 0 Å². The highest BCUT2D eigenvalue weighted by Gasteiger charge is 2.09. The lowest BCUT2D eigenvalue weighted by molar-refractivity contribution is 0.474. The molecule has 0 saturated heterocycles. The zero-order valence-electron chi connectivity index (χ0n) is 7.18. The molecule has 1 fully saturated rings. The summed E-state index contributed by atoms with van der Waals surface area (Å²) in [6.07, 6.45) is 8.49. The topological polar surface area (TPSA) is 12.0 Å². The van der Waals surface area contributed by atoms with Gasteiger partial charge in [0.1, 0.15) is 0 Å². The highest BCUT2D eigenvalue weighted by Crippen LogP contribution is 2.16. The monoisotopic (exact) mass is 173 g/mol. The van der Waals surface area contributed by atoms with Gasteiger partial charge in [0.05, 0.1) is 0 Å². The van der Waals surface area contributed by atoms with E-state index in [9.17, 15) is 0 Å². The van der Waals surface area contributed by atoms with Crippen LogP contribution in [0.15, 0.2) is 0 Å². The number of hydrogen-bond donors (Lipinski definition) is 2. The summed E-state index contributed by atoms with van der Waals surface area (Å²) >= 11 is 4.18. The zero-order chi connectivity index (χ0) is 7.94. The lowest BCUT2D eigenvalue weighted by Gasteiger charge is -2.14. The van der Waals surface area contributed by atoms with Gasteiger partial charge in [0.25, 0.3) is 0 Å². The molecule has 0 radical (unpaired) electrons. The van der Waals surface area contributed by atoms with Gasteiger partial charge in [-0.15, -0.1) is 0 Å². The van der Waals surface area contributed by atoms with Gasteiger partial charge in [0.15, 0.2) is 0 Å². The van der Waals surface area contributed by atoms with E-state index in [2.05, 4.69) is 17.9 Å². The molecule has 1 rings (SSSR count). The Bertz CT molecular complexity index is 87.6. The first kappa shape index (κ1) is 9.40. The molecule has 0 atom stereocenters. The summed E-state index contributed by atoms with van der Waals surface area (Å²) in [7, 11) is 0. The average molecular weight is 173 g/mol. The highest BCUT2D eigenvalue weighted by molar-refractivity contribution is 7.80. The minimum absolute atomic E-state index is 0.796. The molecule has 0 spiro atoms. The Balaban J connectivity index is 2.09. The van der Waals surface area contributed by atoms with Crippen LogP contribution in [-0.2, 0) is 0 Å². The van der Waals surface area contributed by atoms with Crippen LogP contribution in [0.2, 0.25) is 0 Å². The summed E-state index contributed by atoms with van der Waals surface area (Å²) < 4.78 is 0. The van der Waals surface area contributed by atoms with E-state index >= 15 is 0 Å².